The summed E-state index contributed by atoms with van der Waals surface area (Å²) < 4.78 is 40.4. The summed E-state index contributed by atoms with van der Waals surface area (Å²) in [6, 6.07) is 1.14. The maximum absolute atomic E-state index is 12.3. The van der Waals surface area contributed by atoms with Gasteiger partial charge in [-0.2, -0.15) is 8.78 Å². The van der Waals surface area contributed by atoms with Crippen molar-refractivity contribution in [3.05, 3.63) is 18.5 Å². The molecule has 0 aromatic carbocycles. The van der Waals surface area contributed by atoms with Crippen molar-refractivity contribution in [3.8, 4) is 5.75 Å². The van der Waals surface area contributed by atoms with E-state index in [1.807, 2.05) is 0 Å². The number of rotatable bonds is 3. The first-order valence-electron chi connectivity index (χ1n) is 3.37. The largest absolute Gasteiger partial charge is 0.428 e. The summed E-state index contributed by atoms with van der Waals surface area (Å²) in [6.45, 7) is -1.89. The second-order valence-electron chi connectivity index (χ2n) is 2.29. The van der Waals surface area contributed by atoms with Gasteiger partial charge in [-0.15, -0.1) is 0 Å². The highest BCUT2D eigenvalue weighted by atomic mass is 19.3. The molecule has 72 valence electrons. The van der Waals surface area contributed by atoms with Crippen LogP contribution in [-0.4, -0.2) is 17.8 Å². The minimum absolute atomic E-state index is 0.0596. The number of nitrogens with zero attached hydrogens (tertiary/aromatic N) is 1. The predicted octanol–water partition coefficient (Wildman–Crippen LogP) is 1.60. The van der Waals surface area contributed by atoms with Crippen molar-refractivity contribution < 1.29 is 17.9 Å². The Morgan fingerprint density at radius 1 is 1.54 bits per heavy atom. The second kappa shape index (κ2) is 3.51. The average molecular weight is 192 g/mol. The third kappa shape index (κ3) is 2.50. The average Bonchev–Trinajstić information content (AvgIpc) is 2.09. The third-order valence-corrected chi connectivity index (χ3v) is 1.22. The molecule has 0 saturated carbocycles. The molecule has 1 aromatic rings. The van der Waals surface area contributed by atoms with Gasteiger partial charge in [0.2, 0.25) is 0 Å². The Morgan fingerprint density at radius 2 is 2.23 bits per heavy atom. The molecule has 6 heteroatoms. The van der Waals surface area contributed by atoms with Gasteiger partial charge in [0.25, 0.3) is 0 Å². The molecule has 0 amide bonds. The van der Waals surface area contributed by atoms with Crippen molar-refractivity contribution in [1.29, 1.82) is 0 Å². The molecular weight excluding hydrogens is 185 g/mol. The molecule has 0 fully saturated rings. The summed E-state index contributed by atoms with van der Waals surface area (Å²) in [5.74, 6) is -0.280. The van der Waals surface area contributed by atoms with E-state index < -0.39 is 12.8 Å². The van der Waals surface area contributed by atoms with Crippen LogP contribution in [0.1, 0.15) is 0 Å². The molecule has 0 bridgehead atoms. The lowest BCUT2D eigenvalue weighted by atomic mass is 10.4. The van der Waals surface area contributed by atoms with Crippen LogP contribution in [0.3, 0.4) is 0 Å². The van der Waals surface area contributed by atoms with Gasteiger partial charge < -0.3 is 10.5 Å². The number of aromatic nitrogens is 1. The number of hydrogen-bond donors (Lipinski definition) is 1. The topological polar surface area (TPSA) is 48.1 Å². The molecule has 13 heavy (non-hydrogen) atoms. The molecule has 3 nitrogen and oxygen atoms in total. The van der Waals surface area contributed by atoms with Crippen LogP contribution >= 0.6 is 0 Å². The van der Waals surface area contributed by atoms with E-state index in [0.717, 1.165) is 12.3 Å². The van der Waals surface area contributed by atoms with Crippen LogP contribution in [0.5, 0.6) is 5.75 Å². The molecule has 1 rings (SSSR count). The highest BCUT2D eigenvalue weighted by Crippen LogP contribution is 2.26. The van der Waals surface area contributed by atoms with E-state index in [1.165, 1.54) is 6.20 Å². The van der Waals surface area contributed by atoms with Crippen molar-refractivity contribution >= 4 is 5.69 Å². The summed E-state index contributed by atoms with van der Waals surface area (Å²) in [5.41, 5.74) is 5.18. The number of halogens is 3. The van der Waals surface area contributed by atoms with Gasteiger partial charge in [0.1, 0.15) is 0 Å². The zero-order valence-electron chi connectivity index (χ0n) is 6.51. The zero-order valence-corrected chi connectivity index (χ0v) is 6.51. The Bertz CT molecular complexity index is 293. The standard InChI is InChI=1S/C7H7F3N2O/c8-4-7(9,10)13-6-1-2-12-3-5(6)11/h1-3H,4,11H2. The molecule has 0 aliphatic carbocycles. The first kappa shape index (κ1) is 9.63. The summed E-state index contributed by atoms with van der Waals surface area (Å²) in [6.07, 6.45) is -1.47. The quantitative estimate of drug-likeness (QED) is 0.791. The number of nitrogens with two attached hydrogens (primary N) is 1. The van der Waals surface area contributed by atoms with Gasteiger partial charge in [-0.25, -0.2) is 4.39 Å². The SMILES string of the molecule is Nc1cnccc1OC(F)(F)CF. The van der Waals surface area contributed by atoms with Gasteiger partial charge in [-0.1, -0.05) is 0 Å². The highest BCUT2D eigenvalue weighted by molar-refractivity contribution is 5.49. The van der Waals surface area contributed by atoms with Crippen LogP contribution in [0, 0.1) is 0 Å². The van der Waals surface area contributed by atoms with Crippen molar-refractivity contribution in [2.24, 2.45) is 0 Å². The molecular formula is C7H7F3N2O. The van der Waals surface area contributed by atoms with Gasteiger partial charge in [-0.05, 0) is 0 Å². The van der Waals surface area contributed by atoms with E-state index in [-0.39, 0.29) is 11.4 Å². The van der Waals surface area contributed by atoms with E-state index in [0.29, 0.717) is 0 Å². The monoisotopic (exact) mass is 192 g/mol. The van der Waals surface area contributed by atoms with Crippen LogP contribution in [-0.2, 0) is 0 Å². The van der Waals surface area contributed by atoms with Gasteiger partial charge >= 0.3 is 6.11 Å². The second-order valence-corrected chi connectivity index (χ2v) is 2.29. The number of pyridine rings is 1. The molecule has 2 N–H and O–H groups in total. The Hall–Kier alpha value is -1.46. The number of ether oxygens (including phenoxy) is 1. The Kier molecular flexibility index (Phi) is 2.60. The zero-order chi connectivity index (χ0) is 9.90. The maximum atomic E-state index is 12.3. The molecule has 0 radical (unpaired) electrons. The Labute approximate surface area is 72.3 Å². The van der Waals surface area contributed by atoms with Crippen molar-refractivity contribution in [2.75, 3.05) is 12.4 Å². The lowest BCUT2D eigenvalue weighted by molar-refractivity contribution is -0.186. The lowest BCUT2D eigenvalue weighted by Gasteiger charge is -2.15. The predicted molar refractivity (Wildman–Crippen MR) is 40.2 cm³/mol. The van der Waals surface area contributed by atoms with Crippen molar-refractivity contribution in [2.45, 2.75) is 6.11 Å². The lowest BCUT2D eigenvalue weighted by Crippen LogP contribution is -2.27. The van der Waals surface area contributed by atoms with Gasteiger partial charge in [0, 0.05) is 12.3 Å². The molecule has 1 heterocycles. The minimum atomic E-state index is -3.84. The van der Waals surface area contributed by atoms with Gasteiger partial charge in [-0.3, -0.25) is 4.98 Å². The molecule has 0 aliphatic heterocycles. The smallest absolute Gasteiger partial charge is 0.427 e. The number of hydrogen-bond acceptors (Lipinski definition) is 3. The summed E-state index contributed by atoms with van der Waals surface area (Å²) in [7, 11) is 0. The van der Waals surface area contributed by atoms with Crippen LogP contribution in [0.15, 0.2) is 18.5 Å². The van der Waals surface area contributed by atoms with Crippen LogP contribution in [0.2, 0.25) is 0 Å². The fourth-order valence-corrected chi connectivity index (χ4v) is 0.675. The van der Waals surface area contributed by atoms with Crippen molar-refractivity contribution in [1.82, 2.24) is 4.98 Å². The third-order valence-electron chi connectivity index (χ3n) is 1.22. The summed E-state index contributed by atoms with van der Waals surface area (Å²) in [5, 5.41) is 0. The Morgan fingerprint density at radius 3 is 2.77 bits per heavy atom. The molecule has 1 aromatic heterocycles. The molecule has 0 spiro atoms. The van der Waals surface area contributed by atoms with Gasteiger partial charge in [0.15, 0.2) is 12.4 Å². The molecule has 0 aliphatic rings. The number of nitrogen functional groups attached to an aromatic ring is 1. The fourth-order valence-electron chi connectivity index (χ4n) is 0.675. The molecule has 0 atom stereocenters. The number of alkyl halides is 3. The van der Waals surface area contributed by atoms with Crippen molar-refractivity contribution in [3.63, 3.8) is 0 Å². The first-order valence-corrected chi connectivity index (χ1v) is 3.37. The molecule has 0 unspecified atom stereocenters. The van der Waals surface area contributed by atoms with E-state index in [4.69, 9.17) is 5.73 Å². The van der Waals surface area contributed by atoms with E-state index in [9.17, 15) is 13.2 Å². The van der Waals surface area contributed by atoms with E-state index in [1.54, 1.807) is 0 Å². The molecule has 0 saturated heterocycles. The van der Waals surface area contributed by atoms with Crippen LogP contribution in [0.25, 0.3) is 0 Å². The minimum Gasteiger partial charge on any atom is -0.428 e. The normalized spacial score (nSPS) is 11.3. The number of anilines is 1. The summed E-state index contributed by atoms with van der Waals surface area (Å²) >= 11 is 0. The Balaban J connectivity index is 2.80. The van der Waals surface area contributed by atoms with E-state index >= 15 is 0 Å². The van der Waals surface area contributed by atoms with Crippen LogP contribution in [0.4, 0.5) is 18.9 Å². The first-order chi connectivity index (χ1) is 6.05. The van der Waals surface area contributed by atoms with E-state index in [2.05, 4.69) is 9.72 Å². The van der Waals surface area contributed by atoms with Gasteiger partial charge in [0.05, 0.1) is 11.9 Å². The van der Waals surface area contributed by atoms with Crippen LogP contribution < -0.4 is 10.5 Å². The maximum Gasteiger partial charge on any atom is 0.427 e. The highest BCUT2D eigenvalue weighted by Gasteiger charge is 2.32. The fraction of sp³-hybridized carbons (Fsp3) is 0.286. The summed E-state index contributed by atoms with van der Waals surface area (Å²) in [4.78, 5) is 3.56.